The predicted molar refractivity (Wildman–Crippen MR) is 68.1 cm³/mol. The first-order valence-corrected chi connectivity index (χ1v) is 6.92. The second-order valence-corrected chi connectivity index (χ2v) is 5.08. The summed E-state index contributed by atoms with van der Waals surface area (Å²) >= 11 is 1.50. The van der Waals surface area contributed by atoms with Crippen molar-refractivity contribution in [3.05, 3.63) is 6.33 Å². The van der Waals surface area contributed by atoms with Crippen LogP contribution in [0.2, 0.25) is 0 Å². The van der Waals surface area contributed by atoms with Crippen LogP contribution in [0.3, 0.4) is 0 Å². The highest BCUT2D eigenvalue weighted by Gasteiger charge is 2.17. The minimum atomic E-state index is 0.629. The number of hydrogen-bond acceptors (Lipinski definition) is 5. The van der Waals surface area contributed by atoms with Gasteiger partial charge in [0.25, 0.3) is 0 Å². The third-order valence-corrected chi connectivity index (χ3v) is 3.69. The van der Waals surface area contributed by atoms with E-state index in [0.717, 1.165) is 24.6 Å². The highest BCUT2D eigenvalue weighted by molar-refractivity contribution is 7.09. The molecule has 1 N–H and O–H groups in total. The van der Waals surface area contributed by atoms with Gasteiger partial charge in [-0.1, -0.05) is 13.3 Å². The first-order chi connectivity index (χ1) is 7.90. The van der Waals surface area contributed by atoms with Crippen molar-refractivity contribution in [3.8, 4) is 0 Å². The molecule has 1 aromatic heterocycles. The summed E-state index contributed by atoms with van der Waals surface area (Å²) in [6, 6.07) is 0.629. The molecule has 2 heterocycles. The smallest absolute Gasteiger partial charge is 0.204 e. The Balaban J connectivity index is 1.91. The van der Waals surface area contributed by atoms with Crippen LogP contribution < -0.4 is 10.2 Å². The normalized spacial score (nSPS) is 20.9. The molecule has 16 heavy (non-hydrogen) atoms. The van der Waals surface area contributed by atoms with Crippen LogP contribution in [0.5, 0.6) is 0 Å². The Bertz CT molecular complexity index is 282. The van der Waals surface area contributed by atoms with Crippen molar-refractivity contribution in [1.82, 2.24) is 14.7 Å². The van der Waals surface area contributed by atoms with Gasteiger partial charge in [0, 0.05) is 30.7 Å². The van der Waals surface area contributed by atoms with Crippen LogP contribution in [-0.4, -0.2) is 35.0 Å². The molecule has 0 bridgehead atoms. The first kappa shape index (κ1) is 11.8. The van der Waals surface area contributed by atoms with Crippen LogP contribution in [0.1, 0.15) is 32.6 Å². The average molecular weight is 240 g/mol. The van der Waals surface area contributed by atoms with Crippen molar-refractivity contribution in [2.75, 3.05) is 24.5 Å². The third-order valence-electron chi connectivity index (χ3n) is 2.97. The summed E-state index contributed by atoms with van der Waals surface area (Å²) in [5, 5.41) is 4.65. The van der Waals surface area contributed by atoms with Crippen molar-refractivity contribution in [2.45, 2.75) is 38.6 Å². The van der Waals surface area contributed by atoms with E-state index in [2.05, 4.69) is 26.5 Å². The molecule has 2 rings (SSSR count). The topological polar surface area (TPSA) is 41.0 Å². The number of piperidine rings is 1. The Hall–Kier alpha value is -0.680. The van der Waals surface area contributed by atoms with Crippen molar-refractivity contribution in [3.63, 3.8) is 0 Å². The summed E-state index contributed by atoms with van der Waals surface area (Å²) < 4.78 is 4.09. The molecule has 0 spiro atoms. The van der Waals surface area contributed by atoms with E-state index in [4.69, 9.17) is 0 Å². The molecule has 1 atom stereocenters. The molecule has 1 aliphatic rings. The molecule has 0 amide bonds. The van der Waals surface area contributed by atoms with E-state index in [-0.39, 0.29) is 0 Å². The van der Waals surface area contributed by atoms with Crippen molar-refractivity contribution >= 4 is 16.7 Å². The molecule has 0 aliphatic carbocycles. The summed E-state index contributed by atoms with van der Waals surface area (Å²) in [6.45, 7) is 5.53. The maximum Gasteiger partial charge on any atom is 0.204 e. The number of hydrogen-bond donors (Lipinski definition) is 1. The molecule has 1 aromatic rings. The lowest BCUT2D eigenvalue weighted by atomic mass is 10.0. The van der Waals surface area contributed by atoms with Gasteiger partial charge < -0.3 is 10.2 Å². The Morgan fingerprint density at radius 1 is 1.56 bits per heavy atom. The lowest BCUT2D eigenvalue weighted by Crippen LogP contribution is -2.44. The SMILES string of the molecule is CCCN(CC1CCCCN1)c1ncns1. The summed E-state index contributed by atoms with van der Waals surface area (Å²) in [5.74, 6) is 0. The van der Waals surface area contributed by atoms with Crippen LogP contribution in [0, 0.1) is 0 Å². The van der Waals surface area contributed by atoms with Gasteiger partial charge in [0.05, 0.1) is 0 Å². The monoisotopic (exact) mass is 240 g/mol. The van der Waals surface area contributed by atoms with E-state index >= 15 is 0 Å². The van der Waals surface area contributed by atoms with Gasteiger partial charge in [-0.15, -0.1) is 0 Å². The highest BCUT2D eigenvalue weighted by Crippen LogP contribution is 2.17. The van der Waals surface area contributed by atoms with E-state index in [1.807, 2.05) is 0 Å². The fraction of sp³-hybridized carbons (Fsp3) is 0.818. The van der Waals surface area contributed by atoms with Gasteiger partial charge in [-0.25, -0.2) is 4.98 Å². The Morgan fingerprint density at radius 2 is 2.50 bits per heavy atom. The number of nitrogens with one attached hydrogen (secondary N) is 1. The second kappa shape index (κ2) is 6.15. The molecular formula is C11H20N4S. The Kier molecular flexibility index (Phi) is 4.54. The minimum Gasteiger partial charge on any atom is -0.345 e. The van der Waals surface area contributed by atoms with Gasteiger partial charge in [0.1, 0.15) is 6.33 Å². The van der Waals surface area contributed by atoms with Gasteiger partial charge in [0.2, 0.25) is 5.13 Å². The van der Waals surface area contributed by atoms with Gasteiger partial charge in [0.15, 0.2) is 0 Å². The largest absolute Gasteiger partial charge is 0.345 e. The van der Waals surface area contributed by atoms with E-state index in [9.17, 15) is 0 Å². The fourth-order valence-electron chi connectivity index (χ4n) is 2.19. The van der Waals surface area contributed by atoms with Gasteiger partial charge in [-0.3, -0.25) is 0 Å². The molecule has 4 nitrogen and oxygen atoms in total. The number of nitrogens with zero attached hydrogens (tertiary/aromatic N) is 3. The van der Waals surface area contributed by atoms with Crippen LogP contribution in [0.15, 0.2) is 6.33 Å². The maximum absolute atomic E-state index is 4.31. The summed E-state index contributed by atoms with van der Waals surface area (Å²) in [7, 11) is 0. The van der Waals surface area contributed by atoms with Crippen LogP contribution in [-0.2, 0) is 0 Å². The molecule has 1 saturated heterocycles. The zero-order valence-electron chi connectivity index (χ0n) is 9.85. The number of aromatic nitrogens is 2. The van der Waals surface area contributed by atoms with Gasteiger partial charge in [-0.2, -0.15) is 4.37 Å². The van der Waals surface area contributed by atoms with E-state index in [1.54, 1.807) is 6.33 Å². The molecular weight excluding hydrogens is 220 g/mol. The minimum absolute atomic E-state index is 0.629. The molecule has 1 fully saturated rings. The van der Waals surface area contributed by atoms with Crippen molar-refractivity contribution < 1.29 is 0 Å². The van der Waals surface area contributed by atoms with Gasteiger partial charge in [-0.05, 0) is 25.8 Å². The van der Waals surface area contributed by atoms with Crippen molar-refractivity contribution in [1.29, 1.82) is 0 Å². The number of rotatable bonds is 5. The third kappa shape index (κ3) is 3.15. The summed E-state index contributed by atoms with van der Waals surface area (Å²) in [4.78, 5) is 6.67. The molecule has 1 aliphatic heterocycles. The molecule has 5 heteroatoms. The maximum atomic E-state index is 4.31. The molecule has 0 saturated carbocycles. The van der Waals surface area contributed by atoms with E-state index in [1.165, 1.54) is 37.3 Å². The van der Waals surface area contributed by atoms with Crippen LogP contribution in [0.25, 0.3) is 0 Å². The zero-order chi connectivity index (χ0) is 11.2. The zero-order valence-corrected chi connectivity index (χ0v) is 10.7. The molecule has 0 radical (unpaired) electrons. The molecule has 90 valence electrons. The second-order valence-electron chi connectivity index (χ2n) is 4.32. The summed E-state index contributed by atoms with van der Waals surface area (Å²) in [6.07, 6.45) is 6.78. The molecule has 1 unspecified atom stereocenters. The van der Waals surface area contributed by atoms with E-state index in [0.29, 0.717) is 6.04 Å². The van der Waals surface area contributed by atoms with Crippen LogP contribution in [0.4, 0.5) is 5.13 Å². The average Bonchev–Trinajstić information content (AvgIpc) is 2.83. The highest BCUT2D eigenvalue weighted by atomic mass is 32.1. The first-order valence-electron chi connectivity index (χ1n) is 6.15. The van der Waals surface area contributed by atoms with Crippen molar-refractivity contribution in [2.24, 2.45) is 0 Å². The predicted octanol–water partition coefficient (Wildman–Crippen LogP) is 1.90. The standard InChI is InChI=1S/C11H20N4S/c1-2-7-15(11-13-9-14-16-11)8-10-5-3-4-6-12-10/h9-10,12H,2-8H2,1H3. The Morgan fingerprint density at radius 3 is 3.12 bits per heavy atom. The van der Waals surface area contributed by atoms with Gasteiger partial charge >= 0.3 is 0 Å². The lowest BCUT2D eigenvalue weighted by Gasteiger charge is -2.30. The lowest BCUT2D eigenvalue weighted by molar-refractivity contribution is 0.399. The number of anilines is 1. The van der Waals surface area contributed by atoms with E-state index < -0.39 is 0 Å². The fourth-order valence-corrected chi connectivity index (χ4v) is 2.75. The Labute approximate surface area is 101 Å². The molecule has 0 aromatic carbocycles. The quantitative estimate of drug-likeness (QED) is 0.853. The van der Waals surface area contributed by atoms with Crippen LogP contribution >= 0.6 is 11.5 Å². The summed E-state index contributed by atoms with van der Waals surface area (Å²) in [5.41, 5.74) is 0.